The minimum atomic E-state index is -1.17. The predicted molar refractivity (Wildman–Crippen MR) is 64.3 cm³/mol. The number of halogens is 1. The molecule has 0 bridgehead atoms. The van der Waals surface area contributed by atoms with Gasteiger partial charge in [-0.25, -0.2) is 4.79 Å². The molecule has 94 valence electrons. The molecule has 2 atom stereocenters. The van der Waals surface area contributed by atoms with Crippen LogP contribution in [0.4, 0.5) is 0 Å². The van der Waals surface area contributed by atoms with Crippen LogP contribution in [0.5, 0.6) is 0 Å². The van der Waals surface area contributed by atoms with Crippen LogP contribution in [0.1, 0.15) is 5.82 Å². The number of carboxylic acids is 1. The number of fused-ring (bicyclic) bond motifs is 1. The Morgan fingerprint density at radius 2 is 2.28 bits per heavy atom. The molecule has 0 saturated carbocycles. The van der Waals surface area contributed by atoms with Crippen molar-refractivity contribution in [1.29, 1.82) is 0 Å². The van der Waals surface area contributed by atoms with Crippen LogP contribution in [0.3, 0.4) is 0 Å². The van der Waals surface area contributed by atoms with Crippen molar-refractivity contribution in [1.82, 2.24) is 25.1 Å². The first-order valence-corrected chi connectivity index (χ1v) is 6.66. The highest BCUT2D eigenvalue weighted by atomic mass is 79.9. The van der Waals surface area contributed by atoms with Gasteiger partial charge >= 0.3 is 5.97 Å². The molecule has 10 heteroatoms. The molecule has 0 radical (unpaired) electrons. The van der Waals surface area contributed by atoms with Crippen LogP contribution in [-0.4, -0.2) is 52.3 Å². The van der Waals surface area contributed by atoms with Gasteiger partial charge in [-0.1, -0.05) is 27.7 Å². The fourth-order valence-electron chi connectivity index (χ4n) is 1.80. The molecule has 2 aliphatic heterocycles. The van der Waals surface area contributed by atoms with Gasteiger partial charge in [0, 0.05) is 0 Å². The summed E-state index contributed by atoms with van der Waals surface area (Å²) in [4.78, 5) is 25.4. The Balaban J connectivity index is 2.08. The highest BCUT2D eigenvalue weighted by molar-refractivity contribution is 9.10. The molecular formula is C8H6BrN5O3S. The van der Waals surface area contributed by atoms with E-state index in [0.717, 1.165) is 0 Å². The van der Waals surface area contributed by atoms with Gasteiger partial charge in [-0.05, 0) is 5.21 Å². The standard InChI is InChI=1S/C8H6BrN5O3S/c1-13-11-5(10-12-13)4-3(8(16)17)14-6(15)2(9)7(14)18-4/h2,7H,1H3,(H,16,17)/t2-,7+/m0/s1. The lowest BCUT2D eigenvalue weighted by Crippen LogP contribution is -2.58. The van der Waals surface area contributed by atoms with Gasteiger partial charge in [0.2, 0.25) is 11.7 Å². The number of carbonyl (C=O) groups excluding carboxylic acids is 1. The number of thioether (sulfide) groups is 1. The molecule has 0 spiro atoms. The van der Waals surface area contributed by atoms with E-state index in [4.69, 9.17) is 0 Å². The number of carbonyl (C=O) groups is 2. The second-order valence-electron chi connectivity index (χ2n) is 3.70. The van der Waals surface area contributed by atoms with Crippen molar-refractivity contribution < 1.29 is 14.7 Å². The summed E-state index contributed by atoms with van der Waals surface area (Å²) >= 11 is 4.47. The summed E-state index contributed by atoms with van der Waals surface area (Å²) in [7, 11) is 1.59. The predicted octanol–water partition coefficient (Wildman–Crippen LogP) is -0.358. The highest BCUT2D eigenvalue weighted by Crippen LogP contribution is 2.51. The SMILES string of the molecule is Cn1nnc(C2=C(C(=O)O)N3C(=O)[C@H](Br)[C@H]3S2)n1. The molecule has 0 aliphatic carbocycles. The normalized spacial score (nSPS) is 26.3. The minimum Gasteiger partial charge on any atom is -0.477 e. The molecule has 0 aromatic carbocycles. The monoisotopic (exact) mass is 331 g/mol. The first-order chi connectivity index (χ1) is 8.50. The molecule has 1 fully saturated rings. The third kappa shape index (κ3) is 1.42. The molecule has 8 nitrogen and oxygen atoms in total. The van der Waals surface area contributed by atoms with E-state index in [9.17, 15) is 14.7 Å². The van der Waals surface area contributed by atoms with E-state index < -0.39 is 5.97 Å². The van der Waals surface area contributed by atoms with Crippen molar-refractivity contribution in [2.45, 2.75) is 10.2 Å². The maximum Gasteiger partial charge on any atom is 0.353 e. The second kappa shape index (κ2) is 3.79. The van der Waals surface area contributed by atoms with Crippen molar-refractivity contribution in [2.75, 3.05) is 0 Å². The van der Waals surface area contributed by atoms with E-state index in [1.807, 2.05) is 0 Å². The van der Waals surface area contributed by atoms with Gasteiger partial charge in [-0.15, -0.1) is 10.2 Å². The summed E-state index contributed by atoms with van der Waals surface area (Å²) < 4.78 is 0. The smallest absolute Gasteiger partial charge is 0.353 e. The quantitative estimate of drug-likeness (QED) is 0.583. The van der Waals surface area contributed by atoms with E-state index >= 15 is 0 Å². The van der Waals surface area contributed by atoms with Gasteiger partial charge in [-0.3, -0.25) is 9.69 Å². The van der Waals surface area contributed by atoms with E-state index in [1.165, 1.54) is 21.5 Å². The Hall–Kier alpha value is -1.42. The molecule has 1 amide bonds. The number of hydrogen-bond acceptors (Lipinski definition) is 6. The van der Waals surface area contributed by atoms with Crippen LogP contribution in [-0.2, 0) is 16.6 Å². The lowest BCUT2D eigenvalue weighted by Gasteiger charge is -2.38. The molecule has 1 N–H and O–H groups in total. The fourth-order valence-corrected chi connectivity index (χ4v) is 3.86. The number of aryl methyl sites for hydroxylation is 1. The number of rotatable bonds is 2. The van der Waals surface area contributed by atoms with E-state index in [2.05, 4.69) is 31.3 Å². The maximum absolute atomic E-state index is 11.6. The number of aliphatic carboxylic acids is 1. The molecule has 1 aromatic heterocycles. The number of hydrogen-bond donors (Lipinski definition) is 1. The number of nitrogens with zero attached hydrogens (tertiary/aromatic N) is 5. The number of amides is 1. The van der Waals surface area contributed by atoms with Crippen molar-refractivity contribution >= 4 is 44.5 Å². The molecule has 1 saturated heterocycles. The summed E-state index contributed by atoms with van der Waals surface area (Å²) in [5, 5.41) is 20.4. The van der Waals surface area contributed by atoms with Gasteiger partial charge in [-0.2, -0.15) is 4.80 Å². The molecule has 3 rings (SSSR count). The summed E-state index contributed by atoms with van der Waals surface area (Å²) in [5.41, 5.74) is -0.0706. The molecule has 3 heterocycles. The molecule has 2 aliphatic rings. The highest BCUT2D eigenvalue weighted by Gasteiger charge is 2.55. The number of aromatic nitrogens is 4. The van der Waals surface area contributed by atoms with Crippen LogP contribution in [0.25, 0.3) is 4.91 Å². The topological polar surface area (TPSA) is 101 Å². The molecule has 1 aromatic rings. The molecule has 0 unspecified atom stereocenters. The number of β-lactam (4-membered cyclic amide) rings is 1. The van der Waals surface area contributed by atoms with E-state index in [-0.39, 0.29) is 27.6 Å². The Morgan fingerprint density at radius 3 is 2.83 bits per heavy atom. The first kappa shape index (κ1) is 11.7. The van der Waals surface area contributed by atoms with Crippen molar-refractivity contribution in [3.63, 3.8) is 0 Å². The lowest BCUT2D eigenvalue weighted by atomic mass is 10.1. The largest absolute Gasteiger partial charge is 0.477 e. The van der Waals surface area contributed by atoms with Gasteiger partial charge in [0.1, 0.15) is 15.9 Å². The van der Waals surface area contributed by atoms with Crippen molar-refractivity contribution in [2.24, 2.45) is 7.05 Å². The molecule has 18 heavy (non-hydrogen) atoms. The summed E-state index contributed by atoms with van der Waals surface area (Å²) in [6.45, 7) is 0. The minimum absolute atomic E-state index is 0.0706. The zero-order valence-electron chi connectivity index (χ0n) is 8.94. The Morgan fingerprint density at radius 1 is 1.56 bits per heavy atom. The Bertz CT molecular complexity index is 599. The summed E-state index contributed by atoms with van der Waals surface area (Å²) in [6.07, 6.45) is 0. The summed E-state index contributed by atoms with van der Waals surface area (Å²) in [6, 6.07) is 0. The van der Waals surface area contributed by atoms with Crippen LogP contribution < -0.4 is 0 Å². The lowest BCUT2D eigenvalue weighted by molar-refractivity contribution is -0.144. The van der Waals surface area contributed by atoms with Crippen molar-refractivity contribution in [3.05, 3.63) is 11.5 Å². The number of alkyl halides is 1. The van der Waals surface area contributed by atoms with E-state index in [1.54, 1.807) is 7.05 Å². The maximum atomic E-state index is 11.6. The van der Waals surface area contributed by atoms with E-state index in [0.29, 0.717) is 4.91 Å². The average molecular weight is 332 g/mol. The molecular weight excluding hydrogens is 326 g/mol. The Labute approximate surface area is 113 Å². The number of tetrazole rings is 1. The van der Waals surface area contributed by atoms with Crippen LogP contribution in [0, 0.1) is 0 Å². The van der Waals surface area contributed by atoms with Crippen LogP contribution in [0.15, 0.2) is 5.70 Å². The fraction of sp³-hybridized carbons (Fsp3) is 0.375. The second-order valence-corrected chi connectivity index (χ2v) is 5.82. The van der Waals surface area contributed by atoms with Crippen molar-refractivity contribution in [3.8, 4) is 0 Å². The zero-order valence-corrected chi connectivity index (χ0v) is 11.3. The third-order valence-corrected chi connectivity index (χ3v) is 5.17. The zero-order chi connectivity index (χ0) is 13.0. The van der Waals surface area contributed by atoms with Gasteiger partial charge < -0.3 is 5.11 Å². The average Bonchev–Trinajstić information content (AvgIpc) is 2.89. The number of carboxylic acid groups (broad SMARTS) is 1. The third-order valence-electron chi connectivity index (χ3n) is 2.59. The van der Waals surface area contributed by atoms with Crippen LogP contribution >= 0.6 is 27.7 Å². The van der Waals surface area contributed by atoms with Gasteiger partial charge in [0.25, 0.3) is 0 Å². The Kier molecular flexibility index (Phi) is 2.45. The summed E-state index contributed by atoms with van der Waals surface area (Å²) in [5.74, 6) is -1.20. The first-order valence-electron chi connectivity index (χ1n) is 4.86. The van der Waals surface area contributed by atoms with Crippen LogP contribution in [0.2, 0.25) is 0 Å². The van der Waals surface area contributed by atoms with Gasteiger partial charge in [0.15, 0.2) is 0 Å². The van der Waals surface area contributed by atoms with Gasteiger partial charge in [0.05, 0.1) is 12.0 Å².